The fourth-order valence-corrected chi connectivity index (χ4v) is 2.36. The van der Waals surface area contributed by atoms with Crippen molar-refractivity contribution in [1.82, 2.24) is 9.88 Å². The number of anilines is 1. The van der Waals surface area contributed by atoms with E-state index in [1.807, 2.05) is 4.90 Å². The lowest BCUT2D eigenvalue weighted by Crippen LogP contribution is -2.37. The molecule has 0 unspecified atom stereocenters. The maximum absolute atomic E-state index is 11.8. The van der Waals surface area contributed by atoms with E-state index >= 15 is 0 Å². The molecule has 1 aromatic heterocycles. The molecule has 0 saturated heterocycles. The zero-order valence-corrected chi connectivity index (χ0v) is 13.1. The Kier molecular flexibility index (Phi) is 5.88. The first-order valence-electron chi connectivity index (χ1n) is 5.71. The van der Waals surface area contributed by atoms with Crippen LogP contribution < -0.4 is 4.90 Å². The Labute approximate surface area is 121 Å². The van der Waals surface area contributed by atoms with Crippen LogP contribution in [-0.2, 0) is 4.79 Å². The minimum Gasteiger partial charge on any atom is -0.347 e. The number of aromatic nitrogens is 1. The molecule has 0 aliphatic rings. The largest absolute Gasteiger partial charge is 0.347 e. The highest BCUT2D eigenvalue weighted by atomic mass is 79.9. The molecule has 1 heterocycles. The summed E-state index contributed by atoms with van der Waals surface area (Å²) in [5.41, 5.74) is 0. The molecular formula is C12H17BrClN3O. The topological polar surface area (TPSA) is 36.4 Å². The Morgan fingerprint density at radius 3 is 2.67 bits per heavy atom. The number of carbonyl (C=O) groups excluding carboxylic acids is 1. The summed E-state index contributed by atoms with van der Waals surface area (Å²) in [6, 6.07) is 1.78. The quantitative estimate of drug-likeness (QED) is 0.831. The van der Waals surface area contributed by atoms with Crippen LogP contribution in [0.4, 0.5) is 5.82 Å². The molecule has 0 aliphatic carbocycles. The van der Waals surface area contributed by atoms with Gasteiger partial charge in [-0.1, -0.05) is 18.5 Å². The fourth-order valence-electron chi connectivity index (χ4n) is 1.47. The molecule has 0 fully saturated rings. The molecular weight excluding hydrogens is 318 g/mol. The highest BCUT2D eigenvalue weighted by Gasteiger charge is 2.16. The van der Waals surface area contributed by atoms with Crippen LogP contribution in [0.3, 0.4) is 0 Å². The second-order valence-corrected chi connectivity index (χ2v) is 5.46. The molecule has 0 bridgehead atoms. The summed E-state index contributed by atoms with van der Waals surface area (Å²) in [5.74, 6) is 0.795. The maximum Gasteiger partial charge on any atom is 0.241 e. The van der Waals surface area contributed by atoms with Crippen LogP contribution in [0, 0.1) is 0 Å². The van der Waals surface area contributed by atoms with Gasteiger partial charge < -0.3 is 9.80 Å². The van der Waals surface area contributed by atoms with Gasteiger partial charge in [0, 0.05) is 26.8 Å². The van der Waals surface area contributed by atoms with E-state index in [9.17, 15) is 4.79 Å². The fraction of sp³-hybridized carbons (Fsp3) is 0.500. The zero-order valence-electron chi connectivity index (χ0n) is 10.8. The number of rotatable bonds is 5. The van der Waals surface area contributed by atoms with Crippen LogP contribution in [0.5, 0.6) is 0 Å². The van der Waals surface area contributed by atoms with Gasteiger partial charge in [-0.3, -0.25) is 4.79 Å². The van der Waals surface area contributed by atoms with Gasteiger partial charge in [-0.15, -0.1) is 0 Å². The van der Waals surface area contributed by atoms with Crippen molar-refractivity contribution in [2.75, 3.05) is 32.1 Å². The first-order chi connectivity index (χ1) is 8.45. The van der Waals surface area contributed by atoms with Crippen molar-refractivity contribution in [3.8, 4) is 0 Å². The summed E-state index contributed by atoms with van der Waals surface area (Å²) in [6.45, 7) is 3.15. The predicted octanol–water partition coefficient (Wildman–Crippen LogP) is 2.80. The number of hydrogen-bond acceptors (Lipinski definition) is 3. The van der Waals surface area contributed by atoms with Crippen LogP contribution in [-0.4, -0.2) is 43.0 Å². The summed E-state index contributed by atoms with van der Waals surface area (Å²) in [5, 5.41) is 0.570. The molecule has 18 heavy (non-hydrogen) atoms. The lowest BCUT2D eigenvalue weighted by molar-refractivity contribution is -0.127. The summed E-state index contributed by atoms with van der Waals surface area (Å²) in [7, 11) is 3.49. The lowest BCUT2D eigenvalue weighted by Gasteiger charge is -2.25. The molecule has 0 N–H and O–H groups in total. The third kappa shape index (κ3) is 4.14. The highest BCUT2D eigenvalue weighted by molar-refractivity contribution is 9.10. The number of nitrogens with zero attached hydrogens (tertiary/aromatic N) is 3. The summed E-state index contributed by atoms with van der Waals surface area (Å²) < 4.78 is 0.801. The van der Waals surface area contributed by atoms with E-state index in [-0.39, 0.29) is 5.91 Å². The predicted molar refractivity (Wildman–Crippen MR) is 78.1 cm³/mol. The Morgan fingerprint density at radius 1 is 1.50 bits per heavy atom. The van der Waals surface area contributed by atoms with E-state index in [2.05, 4.69) is 27.8 Å². The Balaban J connectivity index is 2.93. The molecule has 100 valence electrons. The van der Waals surface area contributed by atoms with Gasteiger partial charge in [0.05, 0.1) is 16.0 Å². The van der Waals surface area contributed by atoms with Crippen molar-refractivity contribution >= 4 is 39.3 Å². The minimum absolute atomic E-state index is 0.0482. The van der Waals surface area contributed by atoms with Crippen molar-refractivity contribution in [3.63, 3.8) is 0 Å². The molecule has 0 saturated carbocycles. The van der Waals surface area contributed by atoms with Gasteiger partial charge in [0.15, 0.2) is 0 Å². The van der Waals surface area contributed by atoms with Crippen LogP contribution in [0.15, 0.2) is 16.7 Å². The summed E-state index contributed by atoms with van der Waals surface area (Å²) in [6.07, 6.45) is 2.53. The molecule has 0 aliphatic heterocycles. The molecule has 0 aromatic carbocycles. The Hall–Kier alpha value is -0.810. The van der Waals surface area contributed by atoms with Crippen molar-refractivity contribution in [2.45, 2.75) is 13.3 Å². The molecule has 0 radical (unpaired) electrons. The van der Waals surface area contributed by atoms with Gasteiger partial charge in [-0.2, -0.15) is 0 Å². The van der Waals surface area contributed by atoms with E-state index in [4.69, 9.17) is 11.6 Å². The normalized spacial score (nSPS) is 10.3. The van der Waals surface area contributed by atoms with Crippen molar-refractivity contribution in [2.24, 2.45) is 0 Å². The number of carbonyl (C=O) groups is 1. The molecule has 0 spiro atoms. The van der Waals surface area contributed by atoms with Crippen LogP contribution >= 0.6 is 27.5 Å². The number of amides is 1. The van der Waals surface area contributed by atoms with Crippen molar-refractivity contribution in [3.05, 3.63) is 21.8 Å². The third-order valence-corrected chi connectivity index (χ3v) is 3.20. The SMILES string of the molecule is CCCN(CC(=O)N(C)C)c1ncc(Cl)cc1Br. The number of likely N-dealkylation sites (N-methyl/N-ethyl adjacent to an activating group) is 1. The number of hydrogen-bond donors (Lipinski definition) is 0. The smallest absolute Gasteiger partial charge is 0.241 e. The average Bonchev–Trinajstić information content (AvgIpc) is 2.28. The van der Waals surface area contributed by atoms with E-state index in [0.717, 1.165) is 23.3 Å². The van der Waals surface area contributed by atoms with E-state index < -0.39 is 0 Å². The van der Waals surface area contributed by atoms with Gasteiger partial charge in [0.2, 0.25) is 5.91 Å². The number of pyridine rings is 1. The molecule has 6 heteroatoms. The molecule has 1 amide bonds. The van der Waals surface area contributed by atoms with Crippen molar-refractivity contribution < 1.29 is 4.79 Å². The molecule has 0 atom stereocenters. The second kappa shape index (κ2) is 6.95. The molecule has 4 nitrogen and oxygen atoms in total. The lowest BCUT2D eigenvalue weighted by atomic mass is 10.3. The first kappa shape index (κ1) is 15.2. The third-order valence-electron chi connectivity index (χ3n) is 2.41. The van der Waals surface area contributed by atoms with Gasteiger partial charge in [0.25, 0.3) is 0 Å². The van der Waals surface area contributed by atoms with Gasteiger partial charge >= 0.3 is 0 Å². The van der Waals surface area contributed by atoms with Crippen LogP contribution in [0.1, 0.15) is 13.3 Å². The Morgan fingerprint density at radius 2 is 2.17 bits per heavy atom. The Bertz CT molecular complexity index is 426. The second-order valence-electron chi connectivity index (χ2n) is 4.17. The van der Waals surface area contributed by atoms with E-state index in [0.29, 0.717) is 11.6 Å². The number of halogens is 2. The van der Waals surface area contributed by atoms with E-state index in [1.54, 1.807) is 31.3 Å². The van der Waals surface area contributed by atoms with Crippen LogP contribution in [0.25, 0.3) is 0 Å². The molecule has 1 rings (SSSR count). The van der Waals surface area contributed by atoms with Gasteiger partial charge in [-0.25, -0.2) is 4.98 Å². The monoisotopic (exact) mass is 333 g/mol. The van der Waals surface area contributed by atoms with Crippen LogP contribution in [0.2, 0.25) is 5.02 Å². The standard InChI is InChI=1S/C12H17BrClN3O/c1-4-5-17(8-11(18)16(2)3)12-10(13)6-9(14)7-15-12/h6-7H,4-5,8H2,1-3H3. The first-order valence-corrected chi connectivity index (χ1v) is 6.89. The van der Waals surface area contributed by atoms with Gasteiger partial charge in [0.1, 0.15) is 5.82 Å². The minimum atomic E-state index is 0.0482. The summed E-state index contributed by atoms with van der Waals surface area (Å²) >= 11 is 9.30. The molecule has 1 aromatic rings. The van der Waals surface area contributed by atoms with Crippen molar-refractivity contribution in [1.29, 1.82) is 0 Å². The van der Waals surface area contributed by atoms with E-state index in [1.165, 1.54) is 0 Å². The highest BCUT2D eigenvalue weighted by Crippen LogP contribution is 2.26. The summed E-state index contributed by atoms with van der Waals surface area (Å²) in [4.78, 5) is 19.6. The zero-order chi connectivity index (χ0) is 13.7. The average molecular weight is 335 g/mol. The van der Waals surface area contributed by atoms with Gasteiger partial charge in [-0.05, 0) is 28.4 Å². The maximum atomic E-state index is 11.8.